The van der Waals surface area contributed by atoms with Crippen LogP contribution in [0.5, 0.6) is 0 Å². The molecule has 0 bridgehead atoms. The highest BCUT2D eigenvalue weighted by Gasteiger charge is 2.15. The van der Waals surface area contributed by atoms with Gasteiger partial charge in [-0.05, 0) is 31.2 Å². The number of hydrogen-bond donors (Lipinski definition) is 1. The molecule has 6 heteroatoms. The summed E-state index contributed by atoms with van der Waals surface area (Å²) in [5, 5.41) is 11.0. The van der Waals surface area contributed by atoms with Crippen molar-refractivity contribution in [2.24, 2.45) is 5.73 Å². The van der Waals surface area contributed by atoms with Crippen LogP contribution >= 0.6 is 0 Å². The number of nitrogens with two attached hydrogens (primary N) is 1. The molecule has 2 N–H and O–H groups in total. The summed E-state index contributed by atoms with van der Waals surface area (Å²) >= 11 is 0. The Morgan fingerprint density at radius 1 is 1.32 bits per heavy atom. The molecule has 0 unspecified atom stereocenters. The van der Waals surface area contributed by atoms with Crippen LogP contribution in [0.2, 0.25) is 0 Å². The number of fused-ring (bicyclic) bond motifs is 1. The smallest absolute Gasteiger partial charge is 0.270 e. The van der Waals surface area contributed by atoms with E-state index >= 15 is 0 Å². The molecule has 2 heterocycles. The molecule has 22 heavy (non-hydrogen) atoms. The highest BCUT2D eigenvalue weighted by molar-refractivity contribution is 5.69. The molecule has 3 aromatic rings. The molecule has 0 radical (unpaired) electrons. The maximum Gasteiger partial charge on any atom is 0.270 e. The first-order valence-corrected chi connectivity index (χ1v) is 7.02. The fraction of sp³-hybridized carbons (Fsp3) is 0.188. The number of nitrogens with zero attached hydrogens (tertiary/aromatic N) is 3. The van der Waals surface area contributed by atoms with E-state index in [9.17, 15) is 10.1 Å². The zero-order chi connectivity index (χ0) is 15.7. The third-order valence-corrected chi connectivity index (χ3v) is 3.59. The monoisotopic (exact) mass is 296 g/mol. The largest absolute Gasteiger partial charge is 0.330 e. The van der Waals surface area contributed by atoms with E-state index in [1.165, 1.54) is 6.07 Å². The number of aromatic nitrogens is 2. The quantitative estimate of drug-likeness (QED) is 0.592. The fourth-order valence-electron chi connectivity index (χ4n) is 2.57. The molecule has 0 saturated heterocycles. The molecule has 0 fully saturated rings. The average molecular weight is 296 g/mol. The molecule has 0 atom stereocenters. The zero-order valence-corrected chi connectivity index (χ0v) is 12.2. The molecule has 1 aromatic carbocycles. The minimum atomic E-state index is -0.397. The Hall–Kier alpha value is -2.73. The lowest BCUT2D eigenvalue weighted by atomic mass is 10.1. The molecule has 0 amide bonds. The molecule has 0 aliphatic rings. The van der Waals surface area contributed by atoms with Crippen LogP contribution in [0.3, 0.4) is 0 Å². The number of hydrogen-bond acceptors (Lipinski definition) is 4. The van der Waals surface area contributed by atoms with Gasteiger partial charge in [-0.15, -0.1) is 0 Å². The van der Waals surface area contributed by atoms with Crippen molar-refractivity contribution in [2.45, 2.75) is 13.3 Å². The number of non-ortho nitro benzene ring substituents is 1. The molecular formula is C16H16N4O2. The van der Waals surface area contributed by atoms with Gasteiger partial charge in [0.2, 0.25) is 0 Å². The topological polar surface area (TPSA) is 86.5 Å². The molecule has 0 aliphatic carbocycles. The summed E-state index contributed by atoms with van der Waals surface area (Å²) in [7, 11) is 0. The van der Waals surface area contributed by atoms with Gasteiger partial charge < -0.3 is 10.1 Å². The molecule has 112 valence electrons. The van der Waals surface area contributed by atoms with Crippen LogP contribution in [0.1, 0.15) is 11.3 Å². The highest BCUT2D eigenvalue weighted by Crippen LogP contribution is 2.28. The van der Waals surface area contributed by atoms with Crippen molar-refractivity contribution in [3.8, 4) is 11.3 Å². The summed E-state index contributed by atoms with van der Waals surface area (Å²) in [6, 6.07) is 10.5. The molecule has 0 aliphatic heterocycles. The first-order valence-electron chi connectivity index (χ1n) is 7.02. The van der Waals surface area contributed by atoms with Crippen LogP contribution in [0.4, 0.5) is 5.69 Å². The van der Waals surface area contributed by atoms with Crippen molar-refractivity contribution in [1.82, 2.24) is 9.38 Å². The highest BCUT2D eigenvalue weighted by atomic mass is 16.6. The first-order chi connectivity index (χ1) is 10.6. The second-order valence-corrected chi connectivity index (χ2v) is 5.19. The number of rotatable bonds is 4. The maximum atomic E-state index is 11.0. The number of nitro benzene ring substituents is 1. The van der Waals surface area contributed by atoms with Gasteiger partial charge in [-0.3, -0.25) is 10.1 Å². The Labute approximate surface area is 127 Å². The molecule has 6 nitrogen and oxygen atoms in total. The van der Waals surface area contributed by atoms with Gasteiger partial charge in [0.25, 0.3) is 5.69 Å². The van der Waals surface area contributed by atoms with Crippen LogP contribution in [0.25, 0.3) is 16.9 Å². The lowest BCUT2D eigenvalue weighted by Gasteiger charge is -2.04. The second kappa shape index (κ2) is 5.57. The Kier molecular flexibility index (Phi) is 3.60. The van der Waals surface area contributed by atoms with E-state index in [4.69, 9.17) is 5.73 Å². The number of benzene rings is 1. The van der Waals surface area contributed by atoms with Gasteiger partial charge in [0.1, 0.15) is 5.65 Å². The van der Waals surface area contributed by atoms with Gasteiger partial charge in [-0.1, -0.05) is 12.1 Å². The Morgan fingerprint density at radius 3 is 2.86 bits per heavy atom. The molecule has 2 aromatic heterocycles. The minimum Gasteiger partial charge on any atom is -0.330 e. The van der Waals surface area contributed by atoms with E-state index in [-0.39, 0.29) is 5.69 Å². The average Bonchev–Trinajstić information content (AvgIpc) is 2.85. The summed E-state index contributed by atoms with van der Waals surface area (Å²) in [5.74, 6) is 0. The second-order valence-electron chi connectivity index (χ2n) is 5.19. The van der Waals surface area contributed by atoms with Crippen LogP contribution in [0.15, 0.2) is 42.6 Å². The molecule has 3 rings (SSSR count). The summed E-state index contributed by atoms with van der Waals surface area (Å²) in [6.07, 6.45) is 2.62. The molecule has 0 spiro atoms. The molecule has 0 saturated carbocycles. The van der Waals surface area contributed by atoms with E-state index in [2.05, 4.69) is 4.98 Å². The van der Waals surface area contributed by atoms with Crippen molar-refractivity contribution in [2.75, 3.05) is 6.54 Å². The summed E-state index contributed by atoms with van der Waals surface area (Å²) in [5.41, 5.74) is 10.2. The van der Waals surface area contributed by atoms with Crippen molar-refractivity contribution in [3.63, 3.8) is 0 Å². The third-order valence-electron chi connectivity index (χ3n) is 3.59. The SMILES string of the molecule is Cc1ccn2c(CCN)c(-c3cccc([N+](=O)[O-])c3)nc2c1. The standard InChI is InChI=1S/C16H16N4O2/c1-11-6-8-19-14(5-7-17)16(18-15(19)9-11)12-3-2-4-13(10-12)20(21)22/h2-4,6,8-10H,5,7,17H2,1H3. The number of nitro groups is 1. The summed E-state index contributed by atoms with van der Waals surface area (Å²) in [4.78, 5) is 15.2. The van der Waals surface area contributed by atoms with Crippen LogP contribution in [-0.2, 0) is 6.42 Å². The number of imidazole rings is 1. The van der Waals surface area contributed by atoms with E-state index in [0.29, 0.717) is 13.0 Å². The number of pyridine rings is 1. The minimum absolute atomic E-state index is 0.0597. The molecular weight excluding hydrogens is 280 g/mol. The number of aryl methyl sites for hydroxylation is 1. The van der Waals surface area contributed by atoms with Gasteiger partial charge in [-0.2, -0.15) is 0 Å². The first kappa shape index (κ1) is 14.2. The van der Waals surface area contributed by atoms with Gasteiger partial charge in [-0.25, -0.2) is 4.98 Å². The lowest BCUT2D eigenvalue weighted by molar-refractivity contribution is -0.384. The predicted octanol–water partition coefficient (Wildman–Crippen LogP) is 2.72. The van der Waals surface area contributed by atoms with E-state index < -0.39 is 4.92 Å². The van der Waals surface area contributed by atoms with E-state index in [1.807, 2.05) is 35.7 Å². The Balaban J connectivity index is 2.23. The Morgan fingerprint density at radius 2 is 2.14 bits per heavy atom. The van der Waals surface area contributed by atoms with Gasteiger partial charge in [0.05, 0.1) is 16.3 Å². The maximum absolute atomic E-state index is 11.0. The van der Waals surface area contributed by atoms with Crippen LogP contribution < -0.4 is 5.73 Å². The Bertz CT molecular complexity index is 854. The normalized spacial score (nSPS) is 11.0. The van der Waals surface area contributed by atoms with Crippen molar-refractivity contribution >= 4 is 11.3 Å². The zero-order valence-electron chi connectivity index (χ0n) is 12.2. The van der Waals surface area contributed by atoms with Crippen LogP contribution in [0, 0.1) is 17.0 Å². The fourth-order valence-corrected chi connectivity index (χ4v) is 2.57. The van der Waals surface area contributed by atoms with E-state index in [1.54, 1.807) is 12.1 Å². The van der Waals surface area contributed by atoms with Crippen molar-refractivity contribution in [3.05, 3.63) is 64.0 Å². The summed E-state index contributed by atoms with van der Waals surface area (Å²) < 4.78 is 1.99. The lowest BCUT2D eigenvalue weighted by Crippen LogP contribution is -2.06. The van der Waals surface area contributed by atoms with E-state index in [0.717, 1.165) is 28.2 Å². The van der Waals surface area contributed by atoms with Crippen molar-refractivity contribution < 1.29 is 4.92 Å². The van der Waals surface area contributed by atoms with Crippen LogP contribution in [-0.4, -0.2) is 20.9 Å². The predicted molar refractivity (Wildman–Crippen MR) is 84.8 cm³/mol. The third kappa shape index (κ3) is 2.44. The van der Waals surface area contributed by atoms with Gasteiger partial charge >= 0.3 is 0 Å². The van der Waals surface area contributed by atoms with Gasteiger partial charge in [0, 0.05) is 30.3 Å². The summed E-state index contributed by atoms with van der Waals surface area (Å²) in [6.45, 7) is 2.49. The van der Waals surface area contributed by atoms with Crippen molar-refractivity contribution in [1.29, 1.82) is 0 Å². The van der Waals surface area contributed by atoms with Gasteiger partial charge in [0.15, 0.2) is 0 Å².